The summed E-state index contributed by atoms with van der Waals surface area (Å²) >= 11 is 0. The van der Waals surface area contributed by atoms with E-state index in [0.717, 1.165) is 6.54 Å². The molecule has 2 aliphatic rings. The quantitative estimate of drug-likeness (QED) is 0.582. The van der Waals surface area contributed by atoms with Gasteiger partial charge in [0, 0.05) is 19.1 Å². The molecule has 5 nitrogen and oxygen atoms in total. The van der Waals surface area contributed by atoms with E-state index < -0.39 is 11.5 Å². The molecule has 1 aliphatic carbocycles. The van der Waals surface area contributed by atoms with E-state index in [4.69, 9.17) is 5.11 Å². The van der Waals surface area contributed by atoms with Gasteiger partial charge in [-0.1, -0.05) is 0 Å². The lowest BCUT2D eigenvalue weighted by Gasteiger charge is -2.44. The van der Waals surface area contributed by atoms with E-state index in [1.165, 1.54) is 12.8 Å². The molecule has 0 bridgehead atoms. The van der Waals surface area contributed by atoms with Crippen molar-refractivity contribution in [3.8, 4) is 0 Å². The van der Waals surface area contributed by atoms with Crippen LogP contribution in [0.1, 0.15) is 12.8 Å². The number of carbonyl (C=O) groups is 1. The fourth-order valence-electron chi connectivity index (χ4n) is 2.36. The Kier molecular flexibility index (Phi) is 3.19. The molecule has 16 heavy (non-hydrogen) atoms. The lowest BCUT2D eigenvalue weighted by atomic mass is 9.78. The van der Waals surface area contributed by atoms with Crippen LogP contribution < -0.4 is 10.6 Å². The number of carboxylic acid groups (broad SMARTS) is 1. The van der Waals surface area contributed by atoms with Crippen LogP contribution in [0.3, 0.4) is 0 Å². The second-order valence-corrected chi connectivity index (χ2v) is 5.33. The van der Waals surface area contributed by atoms with Crippen LogP contribution in [0.25, 0.3) is 0 Å². The van der Waals surface area contributed by atoms with E-state index in [1.807, 2.05) is 0 Å². The molecule has 3 N–H and O–H groups in total. The van der Waals surface area contributed by atoms with Crippen molar-refractivity contribution in [1.82, 2.24) is 15.5 Å². The number of hydrogen-bond donors (Lipinski definition) is 3. The fraction of sp³-hybridized carbons (Fsp3) is 0.909. The van der Waals surface area contributed by atoms with Crippen LogP contribution >= 0.6 is 0 Å². The zero-order valence-electron chi connectivity index (χ0n) is 9.99. The molecule has 92 valence electrons. The molecule has 2 rings (SSSR count). The van der Waals surface area contributed by atoms with Gasteiger partial charge in [-0.3, -0.25) is 10.1 Å². The van der Waals surface area contributed by atoms with Crippen molar-refractivity contribution in [3.05, 3.63) is 0 Å². The topological polar surface area (TPSA) is 64.6 Å². The molecular formula is C11H21N3O2. The number of hydrogen-bond acceptors (Lipinski definition) is 4. The van der Waals surface area contributed by atoms with Gasteiger partial charge in [0.25, 0.3) is 0 Å². The third-order valence-electron chi connectivity index (χ3n) is 3.93. The first kappa shape index (κ1) is 11.8. The monoisotopic (exact) mass is 227 g/mol. The van der Waals surface area contributed by atoms with Crippen LogP contribution in [0, 0.1) is 5.92 Å². The zero-order valence-corrected chi connectivity index (χ0v) is 9.99. The molecule has 1 saturated carbocycles. The summed E-state index contributed by atoms with van der Waals surface area (Å²) in [5.41, 5.74) is -0.691. The van der Waals surface area contributed by atoms with Crippen LogP contribution in [0.4, 0.5) is 0 Å². The number of nitrogens with zero attached hydrogens (tertiary/aromatic N) is 1. The summed E-state index contributed by atoms with van der Waals surface area (Å²) in [5, 5.41) is 15.3. The summed E-state index contributed by atoms with van der Waals surface area (Å²) in [6, 6.07) is 0.687. The molecule has 5 heteroatoms. The van der Waals surface area contributed by atoms with Crippen LogP contribution in [-0.2, 0) is 4.79 Å². The highest BCUT2D eigenvalue weighted by molar-refractivity contribution is 5.81. The number of carboxylic acids is 1. The Morgan fingerprint density at radius 2 is 2.12 bits per heavy atom. The largest absolute Gasteiger partial charge is 0.480 e. The van der Waals surface area contributed by atoms with Gasteiger partial charge in [-0.2, -0.15) is 0 Å². The maximum atomic E-state index is 11.1. The molecule has 0 aromatic carbocycles. The molecule has 1 saturated heterocycles. The average Bonchev–Trinajstić information content (AvgIpc) is 2.04. The van der Waals surface area contributed by atoms with Crippen molar-refractivity contribution in [1.29, 1.82) is 0 Å². The summed E-state index contributed by atoms with van der Waals surface area (Å²) in [7, 11) is 4.20. The number of nitrogens with one attached hydrogen (secondary N) is 2. The highest BCUT2D eigenvalue weighted by Crippen LogP contribution is 2.30. The minimum absolute atomic E-state index is 0.548. The molecule has 0 aromatic rings. The predicted octanol–water partition coefficient (Wildman–Crippen LogP) is -0.657. The normalized spacial score (nSPS) is 31.9. The molecule has 0 unspecified atom stereocenters. The Labute approximate surface area is 96.2 Å². The van der Waals surface area contributed by atoms with Crippen molar-refractivity contribution >= 4 is 5.97 Å². The number of rotatable bonds is 5. The van der Waals surface area contributed by atoms with Crippen molar-refractivity contribution < 1.29 is 9.90 Å². The molecule has 1 aliphatic heterocycles. The predicted molar refractivity (Wildman–Crippen MR) is 61.4 cm³/mol. The van der Waals surface area contributed by atoms with Crippen LogP contribution in [-0.4, -0.2) is 61.3 Å². The lowest BCUT2D eigenvalue weighted by molar-refractivity contribution is -0.147. The Hall–Kier alpha value is -0.650. The molecular weight excluding hydrogens is 206 g/mol. The van der Waals surface area contributed by atoms with E-state index in [9.17, 15) is 4.79 Å². The standard InChI is InChI=1S/C11H21N3O2/c1-14(2)9-3-8(4-9)5-13-11(10(15)16)6-12-7-11/h8-9,12-13H,3-7H2,1-2H3,(H,15,16). The third-order valence-corrected chi connectivity index (χ3v) is 3.93. The van der Waals surface area contributed by atoms with Gasteiger partial charge in [0.15, 0.2) is 0 Å². The molecule has 2 fully saturated rings. The van der Waals surface area contributed by atoms with Crippen molar-refractivity contribution in [2.24, 2.45) is 5.92 Å². The summed E-state index contributed by atoms with van der Waals surface area (Å²) in [4.78, 5) is 13.3. The number of aliphatic carboxylic acids is 1. The summed E-state index contributed by atoms with van der Waals surface area (Å²) in [6.45, 7) is 1.93. The molecule has 1 heterocycles. The van der Waals surface area contributed by atoms with Crippen molar-refractivity contribution in [2.75, 3.05) is 33.7 Å². The second-order valence-electron chi connectivity index (χ2n) is 5.33. The van der Waals surface area contributed by atoms with Crippen molar-refractivity contribution in [3.63, 3.8) is 0 Å². The minimum Gasteiger partial charge on any atom is -0.480 e. The average molecular weight is 227 g/mol. The molecule has 0 radical (unpaired) electrons. The second kappa shape index (κ2) is 4.31. The summed E-state index contributed by atoms with van der Waals surface area (Å²) in [5.74, 6) is -0.0843. The van der Waals surface area contributed by atoms with Gasteiger partial charge in [-0.15, -0.1) is 0 Å². The van der Waals surface area contributed by atoms with Gasteiger partial charge < -0.3 is 15.3 Å². The fourth-order valence-corrected chi connectivity index (χ4v) is 2.36. The summed E-state index contributed by atoms with van der Waals surface area (Å²) in [6.07, 6.45) is 2.37. The Balaban J connectivity index is 1.71. The van der Waals surface area contributed by atoms with E-state index >= 15 is 0 Å². The highest BCUT2D eigenvalue weighted by Gasteiger charge is 2.45. The highest BCUT2D eigenvalue weighted by atomic mass is 16.4. The third kappa shape index (κ3) is 2.07. The van der Waals surface area contributed by atoms with E-state index in [0.29, 0.717) is 25.0 Å². The maximum absolute atomic E-state index is 11.1. The van der Waals surface area contributed by atoms with Gasteiger partial charge in [0.1, 0.15) is 5.54 Å². The van der Waals surface area contributed by atoms with Gasteiger partial charge >= 0.3 is 5.97 Å². The van der Waals surface area contributed by atoms with E-state index in [2.05, 4.69) is 29.6 Å². The van der Waals surface area contributed by atoms with E-state index in [-0.39, 0.29) is 0 Å². The van der Waals surface area contributed by atoms with Crippen LogP contribution in [0.15, 0.2) is 0 Å². The SMILES string of the molecule is CN(C)C1CC(CNC2(C(=O)O)CNC2)C1. The van der Waals surface area contributed by atoms with Gasteiger partial charge in [0.2, 0.25) is 0 Å². The molecule has 0 atom stereocenters. The Bertz CT molecular complexity index is 270. The van der Waals surface area contributed by atoms with Crippen molar-refractivity contribution in [2.45, 2.75) is 24.4 Å². The van der Waals surface area contributed by atoms with Gasteiger partial charge in [-0.25, -0.2) is 0 Å². The zero-order chi connectivity index (χ0) is 11.8. The van der Waals surface area contributed by atoms with Gasteiger partial charge in [0.05, 0.1) is 0 Å². The maximum Gasteiger partial charge on any atom is 0.326 e. The first-order valence-corrected chi connectivity index (χ1v) is 5.89. The Morgan fingerprint density at radius 1 is 1.50 bits per heavy atom. The van der Waals surface area contributed by atoms with Crippen LogP contribution in [0.2, 0.25) is 0 Å². The summed E-state index contributed by atoms with van der Waals surface area (Å²) < 4.78 is 0. The lowest BCUT2D eigenvalue weighted by Crippen LogP contribution is -2.72. The Morgan fingerprint density at radius 3 is 2.50 bits per heavy atom. The smallest absolute Gasteiger partial charge is 0.326 e. The molecule has 0 amide bonds. The van der Waals surface area contributed by atoms with E-state index in [1.54, 1.807) is 0 Å². The molecule has 0 spiro atoms. The molecule has 0 aromatic heterocycles. The first-order chi connectivity index (χ1) is 7.53. The minimum atomic E-state index is -0.727. The van der Waals surface area contributed by atoms with Gasteiger partial charge in [-0.05, 0) is 39.4 Å². The first-order valence-electron chi connectivity index (χ1n) is 5.89. The van der Waals surface area contributed by atoms with Crippen LogP contribution in [0.5, 0.6) is 0 Å².